The van der Waals surface area contributed by atoms with Crippen LogP contribution in [0.25, 0.3) is 0 Å². The highest BCUT2D eigenvalue weighted by Crippen LogP contribution is 2.15. The van der Waals surface area contributed by atoms with Gasteiger partial charge < -0.3 is 20.1 Å². The Morgan fingerprint density at radius 3 is 2.50 bits per heavy atom. The summed E-state index contributed by atoms with van der Waals surface area (Å²) in [7, 11) is 0. The highest BCUT2D eigenvalue weighted by atomic mass is 79.9. The van der Waals surface area contributed by atoms with Gasteiger partial charge in [-0.2, -0.15) is 0 Å². The Kier molecular flexibility index (Phi) is 7.20. The van der Waals surface area contributed by atoms with E-state index in [4.69, 9.17) is 4.52 Å². The molecule has 0 spiro atoms. The van der Waals surface area contributed by atoms with Crippen molar-refractivity contribution in [3.05, 3.63) is 40.6 Å². The molecule has 0 saturated heterocycles. The minimum absolute atomic E-state index is 0.0685. The number of carbonyl (C=O) groups excluding carboxylic acids is 2. The van der Waals surface area contributed by atoms with Gasteiger partial charge in [0.05, 0.1) is 0 Å². The second kappa shape index (κ2) is 9.38. The van der Waals surface area contributed by atoms with Gasteiger partial charge >= 0.3 is 6.03 Å². The number of aryl methyl sites for hydroxylation is 1. The van der Waals surface area contributed by atoms with Gasteiger partial charge in [0.15, 0.2) is 5.82 Å². The fraction of sp³-hybridized carbons (Fsp3) is 0.389. The molecule has 1 heterocycles. The molecule has 0 fully saturated rings. The maximum absolute atomic E-state index is 12.6. The number of hydrogen-bond acceptors (Lipinski definition) is 4. The standard InChI is InChI=1S/C18H23BrN4O3/c1-12(2)8-9-23(11-17(24)21-16-10-13(3)26-22-16)18(25)20-15-6-4-14(19)5-7-15/h4-7,10,12H,8-9,11H2,1-3H3,(H,20,25)(H,21,22,24). The Morgan fingerprint density at radius 1 is 1.23 bits per heavy atom. The van der Waals surface area contributed by atoms with Gasteiger partial charge in [-0.1, -0.05) is 34.9 Å². The summed E-state index contributed by atoms with van der Waals surface area (Å²) >= 11 is 3.36. The summed E-state index contributed by atoms with van der Waals surface area (Å²) in [5.41, 5.74) is 0.667. The van der Waals surface area contributed by atoms with Crippen molar-refractivity contribution in [2.45, 2.75) is 27.2 Å². The molecule has 0 saturated carbocycles. The van der Waals surface area contributed by atoms with E-state index in [9.17, 15) is 9.59 Å². The number of aromatic nitrogens is 1. The van der Waals surface area contributed by atoms with E-state index >= 15 is 0 Å². The summed E-state index contributed by atoms with van der Waals surface area (Å²) in [6, 6.07) is 8.57. The maximum atomic E-state index is 12.6. The van der Waals surface area contributed by atoms with Gasteiger partial charge in [-0.05, 0) is 43.5 Å². The third-order valence-corrected chi connectivity index (χ3v) is 4.12. The van der Waals surface area contributed by atoms with Gasteiger partial charge in [-0.3, -0.25) is 4.79 Å². The summed E-state index contributed by atoms with van der Waals surface area (Å²) in [5, 5.41) is 9.18. The first kappa shape index (κ1) is 20.0. The van der Waals surface area contributed by atoms with Crippen molar-refractivity contribution in [2.75, 3.05) is 23.7 Å². The lowest BCUT2D eigenvalue weighted by Gasteiger charge is -2.23. The van der Waals surface area contributed by atoms with E-state index in [0.29, 0.717) is 29.7 Å². The molecule has 2 rings (SSSR count). The third kappa shape index (κ3) is 6.51. The van der Waals surface area contributed by atoms with E-state index in [0.717, 1.165) is 10.9 Å². The van der Waals surface area contributed by atoms with Crippen molar-refractivity contribution in [1.82, 2.24) is 10.1 Å². The van der Waals surface area contributed by atoms with Crippen molar-refractivity contribution >= 4 is 39.4 Å². The molecule has 2 N–H and O–H groups in total. The second-order valence-electron chi connectivity index (χ2n) is 6.41. The van der Waals surface area contributed by atoms with Crippen LogP contribution in [-0.2, 0) is 4.79 Å². The minimum Gasteiger partial charge on any atom is -0.360 e. The lowest BCUT2D eigenvalue weighted by molar-refractivity contribution is -0.116. The molecule has 140 valence electrons. The van der Waals surface area contributed by atoms with Crippen molar-refractivity contribution in [2.24, 2.45) is 5.92 Å². The molecule has 0 aliphatic rings. The summed E-state index contributed by atoms with van der Waals surface area (Å²) in [6.45, 7) is 6.29. The normalized spacial score (nSPS) is 10.7. The average Bonchev–Trinajstić information content (AvgIpc) is 2.98. The summed E-state index contributed by atoms with van der Waals surface area (Å²) in [4.78, 5) is 26.3. The van der Waals surface area contributed by atoms with E-state index in [2.05, 4.69) is 45.6 Å². The number of amides is 3. The van der Waals surface area contributed by atoms with Crippen LogP contribution in [-0.4, -0.2) is 35.1 Å². The molecule has 0 bridgehead atoms. The smallest absolute Gasteiger partial charge is 0.322 e. The van der Waals surface area contributed by atoms with Crippen LogP contribution in [0.2, 0.25) is 0 Å². The number of halogens is 1. The predicted octanol–water partition coefficient (Wildman–Crippen LogP) is 4.26. The molecule has 0 radical (unpaired) electrons. The quantitative estimate of drug-likeness (QED) is 0.697. The zero-order valence-electron chi connectivity index (χ0n) is 15.1. The molecular formula is C18H23BrN4O3. The number of nitrogens with one attached hydrogen (secondary N) is 2. The van der Waals surface area contributed by atoms with Crippen LogP contribution in [0.15, 0.2) is 39.3 Å². The number of rotatable bonds is 7. The second-order valence-corrected chi connectivity index (χ2v) is 7.33. The number of urea groups is 1. The van der Waals surface area contributed by atoms with E-state index < -0.39 is 0 Å². The summed E-state index contributed by atoms with van der Waals surface area (Å²) in [5.74, 6) is 1.03. The lowest BCUT2D eigenvalue weighted by Crippen LogP contribution is -2.41. The molecule has 0 atom stereocenters. The van der Waals surface area contributed by atoms with Gasteiger partial charge in [-0.15, -0.1) is 0 Å². The number of hydrogen-bond donors (Lipinski definition) is 2. The first-order chi connectivity index (χ1) is 12.3. The van der Waals surface area contributed by atoms with E-state index in [1.807, 2.05) is 12.1 Å². The molecule has 0 aliphatic carbocycles. The first-order valence-corrected chi connectivity index (χ1v) is 9.17. The predicted molar refractivity (Wildman–Crippen MR) is 104 cm³/mol. The van der Waals surface area contributed by atoms with E-state index in [1.54, 1.807) is 25.1 Å². The first-order valence-electron chi connectivity index (χ1n) is 8.38. The van der Waals surface area contributed by atoms with Gasteiger partial charge in [0.25, 0.3) is 0 Å². The van der Waals surface area contributed by atoms with Gasteiger partial charge in [-0.25, -0.2) is 4.79 Å². The number of benzene rings is 1. The van der Waals surface area contributed by atoms with Crippen molar-refractivity contribution in [1.29, 1.82) is 0 Å². The van der Waals surface area contributed by atoms with Crippen LogP contribution in [0.3, 0.4) is 0 Å². The van der Waals surface area contributed by atoms with Crippen LogP contribution >= 0.6 is 15.9 Å². The molecule has 2 aromatic rings. The van der Waals surface area contributed by atoms with E-state index in [1.165, 1.54) is 4.90 Å². The van der Waals surface area contributed by atoms with E-state index in [-0.39, 0.29) is 18.5 Å². The van der Waals surface area contributed by atoms with Gasteiger partial charge in [0, 0.05) is 22.8 Å². The molecule has 1 aromatic carbocycles. The van der Waals surface area contributed by atoms with Crippen molar-refractivity contribution in [3.8, 4) is 0 Å². The number of nitrogens with zero attached hydrogens (tertiary/aromatic N) is 2. The van der Waals surface area contributed by atoms with Crippen LogP contribution in [0.1, 0.15) is 26.0 Å². The zero-order valence-corrected chi connectivity index (χ0v) is 16.7. The van der Waals surface area contributed by atoms with Crippen LogP contribution in [0.4, 0.5) is 16.3 Å². The number of anilines is 2. The van der Waals surface area contributed by atoms with Gasteiger partial charge in [0.2, 0.25) is 5.91 Å². The highest BCUT2D eigenvalue weighted by molar-refractivity contribution is 9.10. The molecule has 0 unspecified atom stereocenters. The largest absolute Gasteiger partial charge is 0.360 e. The molecule has 7 nitrogen and oxygen atoms in total. The summed E-state index contributed by atoms with van der Waals surface area (Å²) in [6.07, 6.45) is 0.796. The van der Waals surface area contributed by atoms with Gasteiger partial charge in [0.1, 0.15) is 12.3 Å². The third-order valence-electron chi connectivity index (χ3n) is 3.59. The van der Waals surface area contributed by atoms with Crippen molar-refractivity contribution in [3.63, 3.8) is 0 Å². The Bertz CT molecular complexity index is 743. The minimum atomic E-state index is -0.326. The van der Waals surface area contributed by atoms with Crippen molar-refractivity contribution < 1.29 is 14.1 Å². The Balaban J connectivity index is 2.00. The zero-order chi connectivity index (χ0) is 19.1. The molecule has 8 heteroatoms. The fourth-order valence-electron chi connectivity index (χ4n) is 2.18. The van der Waals surface area contributed by atoms with Crippen LogP contribution < -0.4 is 10.6 Å². The van der Waals surface area contributed by atoms with Crippen LogP contribution in [0.5, 0.6) is 0 Å². The topological polar surface area (TPSA) is 87.5 Å². The summed E-state index contributed by atoms with van der Waals surface area (Å²) < 4.78 is 5.85. The SMILES string of the molecule is Cc1cc(NC(=O)CN(CCC(C)C)C(=O)Nc2ccc(Br)cc2)no1. The Labute approximate surface area is 161 Å². The molecule has 26 heavy (non-hydrogen) atoms. The number of carbonyl (C=O) groups is 2. The average molecular weight is 423 g/mol. The maximum Gasteiger partial charge on any atom is 0.322 e. The highest BCUT2D eigenvalue weighted by Gasteiger charge is 2.18. The fourth-order valence-corrected chi connectivity index (χ4v) is 2.45. The van der Waals surface area contributed by atoms with Crippen LogP contribution in [0, 0.1) is 12.8 Å². The molecule has 3 amide bonds. The lowest BCUT2D eigenvalue weighted by atomic mass is 10.1. The Hall–Kier alpha value is -2.35. The Morgan fingerprint density at radius 2 is 1.92 bits per heavy atom. The molecule has 0 aliphatic heterocycles. The monoisotopic (exact) mass is 422 g/mol. The molecular weight excluding hydrogens is 400 g/mol. The molecule has 1 aromatic heterocycles.